The number of amides is 1. The zero-order valence-electron chi connectivity index (χ0n) is 16.6. The van der Waals surface area contributed by atoms with Crippen molar-refractivity contribution in [3.8, 4) is 5.75 Å². The number of anilines is 1. The van der Waals surface area contributed by atoms with E-state index in [1.54, 1.807) is 24.3 Å². The summed E-state index contributed by atoms with van der Waals surface area (Å²) in [7, 11) is 0. The zero-order valence-corrected chi connectivity index (χ0v) is 16.6. The van der Waals surface area contributed by atoms with E-state index in [1.165, 1.54) is 6.92 Å². The maximum Gasteiger partial charge on any atom is 0.221 e. The number of hydrogen-bond donors (Lipinski definition) is 6. The van der Waals surface area contributed by atoms with Crippen molar-refractivity contribution in [1.29, 1.82) is 0 Å². The summed E-state index contributed by atoms with van der Waals surface area (Å²) in [6.45, 7) is 0.543. The van der Waals surface area contributed by atoms with Crippen LogP contribution in [0, 0.1) is 5.92 Å². The van der Waals surface area contributed by atoms with Gasteiger partial charge in [-0.1, -0.05) is 0 Å². The smallest absolute Gasteiger partial charge is 0.221 e. The average Bonchev–Trinajstić information content (AvgIpc) is 2.73. The van der Waals surface area contributed by atoms with Crippen LogP contribution in [0.25, 0.3) is 0 Å². The molecule has 6 N–H and O–H groups in total. The molecule has 1 aromatic rings. The number of aliphatic hydroxyl groups excluding tert-OH is 5. The number of nitrogens with one attached hydrogen (secondary N) is 1. The van der Waals surface area contributed by atoms with E-state index in [1.807, 2.05) is 0 Å². The van der Waals surface area contributed by atoms with Crippen molar-refractivity contribution < 1.29 is 44.5 Å². The lowest BCUT2D eigenvalue weighted by atomic mass is 9.81. The molecule has 30 heavy (non-hydrogen) atoms. The second-order valence-corrected chi connectivity index (χ2v) is 7.64. The first-order valence-corrected chi connectivity index (χ1v) is 9.95. The molecule has 3 rings (SSSR count). The summed E-state index contributed by atoms with van der Waals surface area (Å²) >= 11 is 0. The molecule has 2 saturated heterocycles. The van der Waals surface area contributed by atoms with Crippen LogP contribution in [0.5, 0.6) is 5.75 Å². The Balaban J connectivity index is 1.62. The molecule has 0 aromatic heterocycles. The van der Waals surface area contributed by atoms with E-state index in [4.69, 9.17) is 14.2 Å². The van der Waals surface area contributed by atoms with Gasteiger partial charge in [-0.2, -0.15) is 0 Å². The average molecular weight is 427 g/mol. The molecule has 0 spiro atoms. The van der Waals surface area contributed by atoms with Crippen LogP contribution < -0.4 is 10.1 Å². The van der Waals surface area contributed by atoms with Gasteiger partial charge >= 0.3 is 0 Å². The molecule has 10 nitrogen and oxygen atoms in total. The van der Waals surface area contributed by atoms with Gasteiger partial charge < -0.3 is 45.1 Å². The van der Waals surface area contributed by atoms with Crippen LogP contribution in [0.4, 0.5) is 5.69 Å². The summed E-state index contributed by atoms with van der Waals surface area (Å²) in [4.78, 5) is 11.1. The van der Waals surface area contributed by atoms with E-state index in [-0.39, 0.29) is 12.5 Å². The van der Waals surface area contributed by atoms with E-state index in [0.29, 0.717) is 24.3 Å². The Morgan fingerprint density at radius 1 is 1.00 bits per heavy atom. The van der Waals surface area contributed by atoms with Crippen molar-refractivity contribution in [3.63, 3.8) is 0 Å². The Labute approximate surface area is 174 Å². The molecule has 0 saturated carbocycles. The molecule has 0 bridgehead atoms. The third-order valence-electron chi connectivity index (χ3n) is 5.51. The topological polar surface area (TPSA) is 158 Å². The molecule has 2 heterocycles. The van der Waals surface area contributed by atoms with Gasteiger partial charge in [0.1, 0.15) is 30.2 Å². The highest BCUT2D eigenvalue weighted by atomic mass is 16.7. The highest BCUT2D eigenvalue weighted by Crippen LogP contribution is 2.35. The van der Waals surface area contributed by atoms with Gasteiger partial charge in [-0.05, 0) is 30.7 Å². The molecular formula is C20H29NO9. The van der Waals surface area contributed by atoms with Crippen molar-refractivity contribution in [1.82, 2.24) is 0 Å². The van der Waals surface area contributed by atoms with Gasteiger partial charge in [0, 0.05) is 24.9 Å². The summed E-state index contributed by atoms with van der Waals surface area (Å²) in [6, 6.07) is 6.76. The van der Waals surface area contributed by atoms with Crippen LogP contribution in [-0.4, -0.2) is 87.6 Å². The van der Waals surface area contributed by atoms with Gasteiger partial charge in [-0.15, -0.1) is 0 Å². The molecule has 2 fully saturated rings. The fraction of sp³-hybridized carbons (Fsp3) is 0.650. The third kappa shape index (κ3) is 5.09. The minimum Gasteiger partial charge on any atom is -0.465 e. The van der Waals surface area contributed by atoms with E-state index in [9.17, 15) is 30.3 Å². The standard InChI is InChI=1S/C20H29NO9/c1-10(24)21-11-2-4-12(5-3-11)28-16-7-6-13(14(8-22)29-16)20-19(27)18(26)17(25)15(9-23)30-20/h2-5,13-20,22-23,25-27H,6-9H2,1H3,(H,21,24)/t13?,14?,15?,16-,17+,18-,19+,20+/m0/s1. The molecule has 2 aliphatic heterocycles. The summed E-state index contributed by atoms with van der Waals surface area (Å²) in [5, 5.41) is 52.2. The fourth-order valence-electron chi connectivity index (χ4n) is 3.98. The molecule has 2 aliphatic rings. The molecule has 0 radical (unpaired) electrons. The van der Waals surface area contributed by atoms with E-state index in [2.05, 4.69) is 5.32 Å². The maximum atomic E-state index is 11.1. The molecule has 1 amide bonds. The predicted octanol–water partition coefficient (Wildman–Crippen LogP) is -1.02. The van der Waals surface area contributed by atoms with Crippen molar-refractivity contribution >= 4 is 11.6 Å². The second-order valence-electron chi connectivity index (χ2n) is 7.64. The van der Waals surface area contributed by atoms with Crippen molar-refractivity contribution in [2.75, 3.05) is 18.5 Å². The highest BCUT2D eigenvalue weighted by molar-refractivity contribution is 5.88. The van der Waals surface area contributed by atoms with Gasteiger partial charge in [-0.25, -0.2) is 0 Å². The van der Waals surface area contributed by atoms with E-state index >= 15 is 0 Å². The van der Waals surface area contributed by atoms with Crippen molar-refractivity contribution in [2.24, 2.45) is 5.92 Å². The largest absolute Gasteiger partial charge is 0.465 e. The summed E-state index contributed by atoms with van der Waals surface area (Å²) in [5.41, 5.74) is 0.635. The maximum absolute atomic E-state index is 11.1. The highest BCUT2D eigenvalue weighted by Gasteiger charge is 2.49. The second kappa shape index (κ2) is 10.0. The monoisotopic (exact) mass is 427 g/mol. The third-order valence-corrected chi connectivity index (χ3v) is 5.51. The van der Waals surface area contributed by atoms with Gasteiger partial charge in [0.05, 0.1) is 25.4 Å². The zero-order chi connectivity index (χ0) is 21.8. The number of ether oxygens (including phenoxy) is 3. The SMILES string of the molecule is CC(=O)Nc1ccc(O[C@@H]2CCC([C@H]3OC(CO)[C@@H](O)[C@H](O)[C@H]3O)C(CO)O2)cc1. The minimum absolute atomic E-state index is 0.177. The van der Waals surface area contributed by atoms with E-state index in [0.717, 1.165) is 0 Å². The lowest BCUT2D eigenvalue weighted by molar-refractivity contribution is -0.269. The summed E-state index contributed by atoms with van der Waals surface area (Å²) in [5.74, 6) is -0.121. The first kappa shape index (κ1) is 22.9. The van der Waals surface area contributed by atoms with E-state index < -0.39 is 55.4 Å². The molecule has 3 unspecified atom stereocenters. The minimum atomic E-state index is -1.48. The number of hydrogen-bond acceptors (Lipinski definition) is 9. The first-order chi connectivity index (χ1) is 14.3. The number of aliphatic hydroxyl groups is 5. The van der Waals surface area contributed by atoms with Crippen molar-refractivity contribution in [3.05, 3.63) is 24.3 Å². The molecular weight excluding hydrogens is 398 g/mol. The van der Waals surface area contributed by atoms with Crippen LogP contribution in [0.1, 0.15) is 19.8 Å². The van der Waals surface area contributed by atoms with Gasteiger partial charge in [0.25, 0.3) is 0 Å². The molecule has 168 valence electrons. The lowest BCUT2D eigenvalue weighted by Gasteiger charge is -2.46. The Morgan fingerprint density at radius 2 is 1.67 bits per heavy atom. The Bertz CT molecular complexity index is 698. The van der Waals surface area contributed by atoms with Gasteiger partial charge in [0.2, 0.25) is 5.91 Å². The van der Waals surface area contributed by atoms with Crippen LogP contribution in [0.3, 0.4) is 0 Å². The van der Waals surface area contributed by atoms with Crippen LogP contribution >= 0.6 is 0 Å². The Hall–Kier alpha value is -1.79. The summed E-state index contributed by atoms with van der Waals surface area (Å²) in [6.07, 6.45) is -6.71. The molecule has 1 aromatic carbocycles. The van der Waals surface area contributed by atoms with Crippen LogP contribution in [0.15, 0.2) is 24.3 Å². The molecule has 8 atom stereocenters. The Morgan fingerprint density at radius 3 is 2.27 bits per heavy atom. The first-order valence-electron chi connectivity index (χ1n) is 9.95. The van der Waals surface area contributed by atoms with Crippen molar-refractivity contribution in [2.45, 2.75) is 62.7 Å². The lowest BCUT2D eigenvalue weighted by Crippen LogP contribution is -2.62. The van der Waals surface area contributed by atoms with Crippen LogP contribution in [-0.2, 0) is 14.3 Å². The Kier molecular flexibility index (Phi) is 7.64. The van der Waals surface area contributed by atoms with Crippen LogP contribution in [0.2, 0.25) is 0 Å². The number of rotatable bonds is 6. The quantitative estimate of drug-likeness (QED) is 0.334. The predicted molar refractivity (Wildman–Crippen MR) is 104 cm³/mol. The number of benzene rings is 1. The van der Waals surface area contributed by atoms with Gasteiger partial charge in [0.15, 0.2) is 6.29 Å². The molecule has 10 heteroatoms. The fourth-order valence-corrected chi connectivity index (χ4v) is 3.98. The number of carbonyl (C=O) groups is 1. The normalized spacial score (nSPS) is 36.9. The van der Waals surface area contributed by atoms with Gasteiger partial charge in [-0.3, -0.25) is 4.79 Å². The number of carbonyl (C=O) groups excluding carboxylic acids is 1. The molecule has 0 aliphatic carbocycles. The summed E-state index contributed by atoms with van der Waals surface area (Å²) < 4.78 is 17.3.